The van der Waals surface area contributed by atoms with Crippen LogP contribution < -0.4 is 0 Å². The van der Waals surface area contributed by atoms with Crippen LogP contribution in [0.2, 0.25) is 0 Å². The summed E-state index contributed by atoms with van der Waals surface area (Å²) in [4.78, 5) is -0.0219. The summed E-state index contributed by atoms with van der Waals surface area (Å²) in [5.41, 5.74) is 0.0000652. The van der Waals surface area contributed by atoms with Gasteiger partial charge in [-0.05, 0) is 25.5 Å². The number of benzene rings is 1. The number of hydrogen-bond acceptors (Lipinski definition) is 3. The van der Waals surface area contributed by atoms with Crippen LogP contribution in [-0.4, -0.2) is 18.0 Å². The van der Waals surface area contributed by atoms with Gasteiger partial charge in [0, 0.05) is 11.9 Å². The quantitative estimate of drug-likeness (QED) is 0.814. The minimum Gasteiger partial charge on any atom is -0.377 e. The molecule has 0 aromatic heterocycles. The van der Waals surface area contributed by atoms with E-state index in [-0.39, 0.29) is 21.8 Å². The molecule has 2 rings (SSSR count). The lowest BCUT2D eigenvalue weighted by Crippen LogP contribution is -2.13. The van der Waals surface area contributed by atoms with E-state index in [0.717, 1.165) is 30.3 Å². The third kappa shape index (κ3) is 2.59. The molecule has 2 unspecified atom stereocenters. The number of rotatable bonds is 2. The molecule has 1 aliphatic rings. The highest BCUT2D eigenvalue weighted by Crippen LogP contribution is 2.35. The zero-order valence-electron chi connectivity index (χ0n) is 9.24. The van der Waals surface area contributed by atoms with Gasteiger partial charge < -0.3 is 4.74 Å². The standard InChI is InChI=1S/C12H11F2NOS/c1-7-11(2-3-16-7)17-12-9(13)4-8(6-15)5-10(12)14/h4-5,7,11H,2-3H2,1H3. The Kier molecular flexibility index (Phi) is 3.65. The summed E-state index contributed by atoms with van der Waals surface area (Å²) in [5, 5.41) is 8.66. The maximum absolute atomic E-state index is 13.6. The van der Waals surface area contributed by atoms with Crippen molar-refractivity contribution in [2.24, 2.45) is 0 Å². The zero-order valence-corrected chi connectivity index (χ0v) is 10.1. The Balaban J connectivity index is 2.24. The van der Waals surface area contributed by atoms with Crippen LogP contribution in [0, 0.1) is 23.0 Å². The van der Waals surface area contributed by atoms with Crippen molar-refractivity contribution in [2.75, 3.05) is 6.61 Å². The smallest absolute Gasteiger partial charge is 0.141 e. The van der Waals surface area contributed by atoms with Gasteiger partial charge in [-0.1, -0.05) is 0 Å². The lowest BCUT2D eigenvalue weighted by atomic mass is 10.2. The third-order valence-corrected chi connectivity index (χ3v) is 4.25. The first-order chi connectivity index (χ1) is 8.11. The highest BCUT2D eigenvalue weighted by molar-refractivity contribution is 8.00. The molecule has 0 aliphatic carbocycles. The van der Waals surface area contributed by atoms with Crippen molar-refractivity contribution in [2.45, 2.75) is 29.6 Å². The molecular weight excluding hydrogens is 244 g/mol. The van der Waals surface area contributed by atoms with E-state index >= 15 is 0 Å². The molecule has 17 heavy (non-hydrogen) atoms. The molecule has 0 bridgehead atoms. The predicted molar refractivity (Wildman–Crippen MR) is 60.7 cm³/mol. The summed E-state index contributed by atoms with van der Waals surface area (Å²) < 4.78 is 32.6. The van der Waals surface area contributed by atoms with Crippen molar-refractivity contribution in [3.8, 4) is 6.07 Å². The minimum absolute atomic E-state index is 0.0000652. The van der Waals surface area contributed by atoms with Crippen molar-refractivity contribution in [3.63, 3.8) is 0 Å². The first kappa shape index (κ1) is 12.3. The molecule has 2 atom stereocenters. The topological polar surface area (TPSA) is 33.0 Å². The molecule has 1 aliphatic heterocycles. The van der Waals surface area contributed by atoms with Crippen LogP contribution in [0.15, 0.2) is 17.0 Å². The molecule has 2 nitrogen and oxygen atoms in total. The summed E-state index contributed by atoms with van der Waals surface area (Å²) in [5.74, 6) is -1.35. The summed E-state index contributed by atoms with van der Waals surface area (Å²) >= 11 is 1.15. The summed E-state index contributed by atoms with van der Waals surface area (Å²) in [6.07, 6.45) is 0.777. The number of hydrogen-bond donors (Lipinski definition) is 0. The molecule has 0 spiro atoms. The summed E-state index contributed by atoms with van der Waals surface area (Å²) in [6, 6.07) is 3.85. The first-order valence-electron chi connectivity index (χ1n) is 5.29. The van der Waals surface area contributed by atoms with E-state index < -0.39 is 11.6 Å². The molecule has 0 radical (unpaired) electrons. The van der Waals surface area contributed by atoms with Crippen LogP contribution in [0.5, 0.6) is 0 Å². The Morgan fingerprint density at radius 1 is 1.41 bits per heavy atom. The van der Waals surface area contributed by atoms with E-state index in [4.69, 9.17) is 10.00 Å². The number of nitriles is 1. The van der Waals surface area contributed by atoms with Gasteiger partial charge in [0.15, 0.2) is 0 Å². The number of halogens is 2. The van der Waals surface area contributed by atoms with E-state index in [1.54, 1.807) is 6.07 Å². The molecule has 1 saturated heterocycles. The molecule has 1 aromatic carbocycles. The van der Waals surface area contributed by atoms with Gasteiger partial charge in [-0.2, -0.15) is 5.26 Å². The summed E-state index contributed by atoms with van der Waals surface area (Å²) in [6.45, 7) is 2.52. The maximum Gasteiger partial charge on any atom is 0.141 e. The van der Waals surface area contributed by atoms with E-state index in [1.807, 2.05) is 6.92 Å². The van der Waals surface area contributed by atoms with E-state index in [1.165, 1.54) is 0 Å². The van der Waals surface area contributed by atoms with Crippen molar-refractivity contribution in [3.05, 3.63) is 29.3 Å². The van der Waals surface area contributed by atoms with Crippen molar-refractivity contribution < 1.29 is 13.5 Å². The molecule has 0 N–H and O–H groups in total. The Morgan fingerprint density at radius 2 is 2.06 bits per heavy atom. The van der Waals surface area contributed by atoms with Crippen LogP contribution in [-0.2, 0) is 4.74 Å². The number of thioether (sulfide) groups is 1. The van der Waals surface area contributed by atoms with Crippen LogP contribution in [0.4, 0.5) is 8.78 Å². The predicted octanol–water partition coefficient (Wildman–Crippen LogP) is 3.11. The van der Waals surface area contributed by atoms with Gasteiger partial charge in [0.1, 0.15) is 11.6 Å². The SMILES string of the molecule is CC1OCCC1Sc1c(F)cc(C#N)cc1F. The monoisotopic (exact) mass is 255 g/mol. The third-order valence-electron chi connectivity index (χ3n) is 2.70. The molecule has 5 heteroatoms. The van der Waals surface area contributed by atoms with Crippen LogP contribution in [0.25, 0.3) is 0 Å². The molecule has 90 valence electrons. The van der Waals surface area contributed by atoms with Crippen molar-refractivity contribution in [1.82, 2.24) is 0 Å². The molecule has 1 heterocycles. The summed E-state index contributed by atoms with van der Waals surface area (Å²) in [7, 11) is 0. The zero-order chi connectivity index (χ0) is 12.4. The van der Waals surface area contributed by atoms with Gasteiger partial charge in [0.25, 0.3) is 0 Å². The van der Waals surface area contributed by atoms with Crippen LogP contribution >= 0.6 is 11.8 Å². The molecule has 1 fully saturated rings. The Morgan fingerprint density at radius 3 is 2.53 bits per heavy atom. The van der Waals surface area contributed by atoms with Gasteiger partial charge in [0.05, 0.1) is 22.6 Å². The largest absolute Gasteiger partial charge is 0.377 e. The average Bonchev–Trinajstić information content (AvgIpc) is 2.69. The second-order valence-corrected chi connectivity index (χ2v) is 5.15. The lowest BCUT2D eigenvalue weighted by Gasteiger charge is -2.14. The molecule has 0 saturated carbocycles. The molecule has 1 aromatic rings. The van der Waals surface area contributed by atoms with Crippen molar-refractivity contribution >= 4 is 11.8 Å². The first-order valence-corrected chi connectivity index (χ1v) is 6.17. The number of nitrogens with zero attached hydrogens (tertiary/aromatic N) is 1. The van der Waals surface area contributed by atoms with Gasteiger partial charge in [-0.25, -0.2) is 8.78 Å². The van der Waals surface area contributed by atoms with Crippen LogP contribution in [0.1, 0.15) is 18.9 Å². The Labute approximate surface area is 103 Å². The van der Waals surface area contributed by atoms with Gasteiger partial charge in [-0.3, -0.25) is 0 Å². The second-order valence-electron chi connectivity index (χ2n) is 3.90. The fourth-order valence-electron chi connectivity index (χ4n) is 1.76. The fraction of sp³-hybridized carbons (Fsp3) is 0.417. The van der Waals surface area contributed by atoms with Gasteiger partial charge >= 0.3 is 0 Å². The van der Waals surface area contributed by atoms with E-state index in [0.29, 0.717) is 6.61 Å². The Hall–Kier alpha value is -1.12. The van der Waals surface area contributed by atoms with E-state index in [2.05, 4.69) is 0 Å². The minimum atomic E-state index is -0.675. The fourth-order valence-corrected chi connectivity index (χ4v) is 2.89. The Bertz CT molecular complexity index is 449. The molecular formula is C12H11F2NOS. The second kappa shape index (κ2) is 5.03. The van der Waals surface area contributed by atoms with E-state index in [9.17, 15) is 8.78 Å². The highest BCUT2D eigenvalue weighted by atomic mass is 32.2. The molecule has 0 amide bonds. The highest BCUT2D eigenvalue weighted by Gasteiger charge is 2.27. The van der Waals surface area contributed by atoms with Crippen LogP contribution in [0.3, 0.4) is 0 Å². The van der Waals surface area contributed by atoms with Gasteiger partial charge in [-0.15, -0.1) is 11.8 Å². The maximum atomic E-state index is 13.6. The normalized spacial score (nSPS) is 23.6. The van der Waals surface area contributed by atoms with Crippen molar-refractivity contribution in [1.29, 1.82) is 5.26 Å². The number of ether oxygens (including phenoxy) is 1. The average molecular weight is 255 g/mol. The van der Waals surface area contributed by atoms with Gasteiger partial charge in [0.2, 0.25) is 0 Å². The lowest BCUT2D eigenvalue weighted by molar-refractivity contribution is 0.127.